The summed E-state index contributed by atoms with van der Waals surface area (Å²) in [6.45, 7) is 0.345. The number of nitriles is 1. The summed E-state index contributed by atoms with van der Waals surface area (Å²) in [6, 6.07) is 12.3. The average Bonchev–Trinajstić information content (AvgIpc) is 2.55. The smallest absolute Gasteiger partial charge is 0.257 e. The first-order valence-corrected chi connectivity index (χ1v) is 6.63. The third-order valence-electron chi connectivity index (χ3n) is 2.86. The highest BCUT2D eigenvalue weighted by molar-refractivity contribution is 6.03. The van der Waals surface area contributed by atoms with Crippen LogP contribution in [0.5, 0.6) is 0 Å². The summed E-state index contributed by atoms with van der Waals surface area (Å²) in [5, 5.41) is 13.8. The Labute approximate surface area is 127 Å². The Bertz CT molecular complexity index is 690. The molecule has 110 valence electrons. The molecule has 0 unspecified atom stereocenters. The predicted molar refractivity (Wildman–Crippen MR) is 80.7 cm³/mol. The second kappa shape index (κ2) is 7.55. The Kier molecular flexibility index (Phi) is 5.21. The zero-order chi connectivity index (χ0) is 15.8. The van der Waals surface area contributed by atoms with Gasteiger partial charge in [-0.15, -0.1) is 0 Å². The van der Waals surface area contributed by atoms with Gasteiger partial charge in [0.25, 0.3) is 5.91 Å². The first-order valence-electron chi connectivity index (χ1n) is 6.63. The molecule has 1 aromatic carbocycles. The van der Waals surface area contributed by atoms with Crippen molar-refractivity contribution in [1.29, 1.82) is 5.26 Å². The van der Waals surface area contributed by atoms with Crippen LogP contribution < -0.4 is 10.6 Å². The fourth-order valence-electron chi connectivity index (χ4n) is 1.74. The lowest BCUT2D eigenvalue weighted by molar-refractivity contribution is -0.120. The van der Waals surface area contributed by atoms with Crippen molar-refractivity contribution in [1.82, 2.24) is 10.3 Å². The molecular formula is C16H14N4O2. The van der Waals surface area contributed by atoms with Gasteiger partial charge in [-0.2, -0.15) is 5.26 Å². The molecule has 0 aliphatic heterocycles. The van der Waals surface area contributed by atoms with E-state index in [0.717, 1.165) is 5.56 Å². The van der Waals surface area contributed by atoms with Crippen LogP contribution in [0.3, 0.4) is 0 Å². The molecule has 0 aliphatic rings. The Balaban J connectivity index is 1.91. The Hall–Kier alpha value is -3.20. The number of carbonyl (C=O) groups excluding carboxylic acids is 2. The van der Waals surface area contributed by atoms with Gasteiger partial charge in [0, 0.05) is 24.6 Å². The monoisotopic (exact) mass is 294 g/mol. The highest BCUT2D eigenvalue weighted by Gasteiger charge is 2.05. The van der Waals surface area contributed by atoms with Gasteiger partial charge in [-0.25, -0.2) is 0 Å². The number of hydrogen-bond donors (Lipinski definition) is 2. The van der Waals surface area contributed by atoms with E-state index in [0.29, 0.717) is 17.8 Å². The molecule has 0 bridgehead atoms. The second-order valence-electron chi connectivity index (χ2n) is 4.50. The fourth-order valence-corrected chi connectivity index (χ4v) is 1.74. The van der Waals surface area contributed by atoms with Gasteiger partial charge < -0.3 is 10.6 Å². The molecule has 0 atom stereocenters. The van der Waals surface area contributed by atoms with Crippen LogP contribution in [0, 0.1) is 11.3 Å². The van der Waals surface area contributed by atoms with Gasteiger partial charge in [0.2, 0.25) is 5.91 Å². The molecule has 6 heteroatoms. The van der Waals surface area contributed by atoms with Crippen LogP contribution in [0.2, 0.25) is 0 Å². The summed E-state index contributed by atoms with van der Waals surface area (Å²) in [5.74, 6) is -0.542. The van der Waals surface area contributed by atoms with Crippen LogP contribution in [-0.2, 0) is 11.3 Å². The minimum Gasteiger partial charge on any atom is -0.351 e. The summed E-state index contributed by atoms with van der Waals surface area (Å²) in [4.78, 5) is 27.0. The normalized spacial score (nSPS) is 9.59. The van der Waals surface area contributed by atoms with Gasteiger partial charge in [0.05, 0.1) is 11.6 Å². The summed E-state index contributed by atoms with van der Waals surface area (Å²) in [6.07, 6.45) is 2.94. The van der Waals surface area contributed by atoms with E-state index in [1.165, 1.54) is 6.20 Å². The first-order chi connectivity index (χ1) is 10.7. The molecule has 2 amide bonds. The molecule has 0 fully saturated rings. The van der Waals surface area contributed by atoms with Gasteiger partial charge >= 0.3 is 0 Å². The van der Waals surface area contributed by atoms with Crippen LogP contribution in [0.25, 0.3) is 0 Å². The highest BCUT2D eigenvalue weighted by atomic mass is 16.2. The Morgan fingerprint density at radius 3 is 2.59 bits per heavy atom. The van der Waals surface area contributed by atoms with E-state index in [9.17, 15) is 9.59 Å². The number of pyridine rings is 1. The van der Waals surface area contributed by atoms with E-state index in [1.54, 1.807) is 48.7 Å². The Morgan fingerprint density at radius 2 is 1.95 bits per heavy atom. The molecule has 0 spiro atoms. The molecule has 22 heavy (non-hydrogen) atoms. The molecule has 6 nitrogen and oxygen atoms in total. The van der Waals surface area contributed by atoms with E-state index < -0.39 is 0 Å². The van der Waals surface area contributed by atoms with Crippen molar-refractivity contribution >= 4 is 17.5 Å². The minimum absolute atomic E-state index is 0.154. The summed E-state index contributed by atoms with van der Waals surface area (Å²) >= 11 is 0. The van der Waals surface area contributed by atoms with Crippen molar-refractivity contribution in [3.8, 4) is 6.07 Å². The van der Waals surface area contributed by atoms with E-state index in [1.807, 2.05) is 0 Å². The SMILES string of the molecule is N#CCC(=O)NCc1ccc(NC(=O)c2cccnc2)cc1. The number of aromatic nitrogens is 1. The molecule has 2 aromatic rings. The van der Waals surface area contributed by atoms with Crippen LogP contribution in [0.15, 0.2) is 48.8 Å². The van der Waals surface area contributed by atoms with Crippen molar-refractivity contribution in [2.45, 2.75) is 13.0 Å². The predicted octanol–water partition coefficient (Wildman–Crippen LogP) is 1.86. The fraction of sp³-hybridized carbons (Fsp3) is 0.125. The number of nitrogens with one attached hydrogen (secondary N) is 2. The highest BCUT2D eigenvalue weighted by Crippen LogP contribution is 2.11. The molecule has 0 radical (unpaired) electrons. The third-order valence-corrected chi connectivity index (χ3v) is 2.86. The standard InChI is InChI=1S/C16H14N4O2/c17-8-7-15(21)19-10-12-3-5-14(6-4-12)20-16(22)13-2-1-9-18-11-13/h1-6,9,11H,7,10H2,(H,19,21)(H,20,22). The third kappa shape index (κ3) is 4.42. The van der Waals surface area contributed by atoms with Gasteiger partial charge in [-0.1, -0.05) is 12.1 Å². The maximum absolute atomic E-state index is 11.9. The average molecular weight is 294 g/mol. The number of carbonyl (C=O) groups is 2. The lowest BCUT2D eigenvalue weighted by Gasteiger charge is -2.07. The molecule has 0 saturated carbocycles. The number of amides is 2. The largest absolute Gasteiger partial charge is 0.351 e. The Morgan fingerprint density at radius 1 is 1.18 bits per heavy atom. The van der Waals surface area contributed by atoms with Crippen molar-refractivity contribution in [3.05, 3.63) is 59.9 Å². The molecule has 0 aliphatic carbocycles. The zero-order valence-electron chi connectivity index (χ0n) is 11.7. The lowest BCUT2D eigenvalue weighted by atomic mass is 10.2. The summed E-state index contributed by atoms with van der Waals surface area (Å²) in [7, 11) is 0. The number of nitrogens with zero attached hydrogens (tertiary/aromatic N) is 2. The summed E-state index contributed by atoms with van der Waals surface area (Å²) in [5.41, 5.74) is 2.02. The molecule has 1 heterocycles. The van der Waals surface area contributed by atoms with Gasteiger partial charge in [-0.3, -0.25) is 14.6 Å². The van der Waals surface area contributed by atoms with Crippen molar-refractivity contribution in [2.24, 2.45) is 0 Å². The molecule has 2 rings (SSSR count). The maximum Gasteiger partial charge on any atom is 0.257 e. The van der Waals surface area contributed by atoms with Gasteiger partial charge in [0.15, 0.2) is 0 Å². The van der Waals surface area contributed by atoms with Crippen LogP contribution in [0.4, 0.5) is 5.69 Å². The topological polar surface area (TPSA) is 94.9 Å². The van der Waals surface area contributed by atoms with Crippen molar-refractivity contribution in [3.63, 3.8) is 0 Å². The van der Waals surface area contributed by atoms with E-state index >= 15 is 0 Å². The number of anilines is 1. The number of hydrogen-bond acceptors (Lipinski definition) is 4. The van der Waals surface area contributed by atoms with Crippen LogP contribution >= 0.6 is 0 Å². The van der Waals surface area contributed by atoms with E-state index in [-0.39, 0.29) is 18.2 Å². The van der Waals surface area contributed by atoms with Crippen molar-refractivity contribution < 1.29 is 9.59 Å². The number of rotatable bonds is 5. The van der Waals surface area contributed by atoms with Crippen LogP contribution in [0.1, 0.15) is 22.3 Å². The van der Waals surface area contributed by atoms with Gasteiger partial charge in [0.1, 0.15) is 6.42 Å². The minimum atomic E-state index is -0.309. The maximum atomic E-state index is 11.9. The lowest BCUT2D eigenvalue weighted by Crippen LogP contribution is -2.21. The first kappa shape index (κ1) is 15.2. The van der Waals surface area contributed by atoms with E-state index in [2.05, 4.69) is 15.6 Å². The van der Waals surface area contributed by atoms with E-state index in [4.69, 9.17) is 5.26 Å². The summed E-state index contributed by atoms with van der Waals surface area (Å²) < 4.78 is 0. The molecule has 0 saturated heterocycles. The molecule has 2 N–H and O–H groups in total. The molecule has 1 aromatic heterocycles. The second-order valence-corrected chi connectivity index (χ2v) is 4.50. The quantitative estimate of drug-likeness (QED) is 0.880. The van der Waals surface area contributed by atoms with Gasteiger partial charge in [-0.05, 0) is 29.8 Å². The molecular weight excluding hydrogens is 280 g/mol. The zero-order valence-corrected chi connectivity index (χ0v) is 11.7. The van der Waals surface area contributed by atoms with Crippen molar-refractivity contribution in [2.75, 3.05) is 5.32 Å². The van der Waals surface area contributed by atoms with Crippen LogP contribution in [-0.4, -0.2) is 16.8 Å². The number of benzene rings is 1.